The van der Waals surface area contributed by atoms with Gasteiger partial charge in [-0.25, -0.2) is 0 Å². The zero-order valence-electron chi connectivity index (χ0n) is 20.0. The van der Waals surface area contributed by atoms with Gasteiger partial charge in [-0.05, 0) is 6.42 Å². The van der Waals surface area contributed by atoms with Gasteiger partial charge in [0.1, 0.15) is 61.0 Å². The van der Waals surface area contributed by atoms with E-state index in [1.54, 1.807) is 0 Å². The molecule has 9 unspecified atom stereocenters. The van der Waals surface area contributed by atoms with Crippen molar-refractivity contribution in [2.75, 3.05) is 13.2 Å². The second-order valence-electron chi connectivity index (χ2n) is 9.24. The minimum atomic E-state index is -4.67. The molecule has 0 aromatic heterocycles. The van der Waals surface area contributed by atoms with E-state index in [-0.39, 0.29) is 13.0 Å². The number of rotatable bonds is 6. The Morgan fingerprint density at radius 2 is 1.16 bits per heavy atom. The number of ether oxygens (including phenoxy) is 4. The molecule has 1 aliphatic carbocycles. The molecule has 0 aromatic carbocycles. The summed E-state index contributed by atoms with van der Waals surface area (Å²) in [6.07, 6.45) is -16.5. The van der Waals surface area contributed by atoms with Crippen LogP contribution in [0.15, 0.2) is 0 Å². The maximum absolute atomic E-state index is 10.9. The van der Waals surface area contributed by atoms with Gasteiger partial charge in [0.15, 0.2) is 12.6 Å². The second kappa shape index (κ2) is 13.8. The van der Waals surface area contributed by atoms with Gasteiger partial charge in [0.2, 0.25) is 0 Å². The number of hydrogen-bond donors (Lipinski definition) is 13. The third-order valence-corrected chi connectivity index (χ3v) is 6.48. The van der Waals surface area contributed by atoms with Gasteiger partial charge in [-0.2, -0.15) is 8.42 Å². The summed E-state index contributed by atoms with van der Waals surface area (Å²) in [7, 11) is -4.67. The lowest BCUT2D eigenvalue weighted by Crippen LogP contribution is -2.68. The van der Waals surface area contributed by atoms with Crippen molar-refractivity contribution in [2.24, 2.45) is 22.9 Å². The van der Waals surface area contributed by atoms with Crippen molar-refractivity contribution in [1.82, 2.24) is 0 Å². The normalized spacial score (nSPS) is 48.2. The lowest BCUT2D eigenvalue weighted by Gasteiger charge is -2.48. The number of aliphatic hydroxyl groups is 7. The summed E-state index contributed by atoms with van der Waals surface area (Å²) < 4.78 is 53.8. The Morgan fingerprint density at radius 1 is 0.711 bits per heavy atom. The highest BCUT2D eigenvalue weighted by atomic mass is 32.3. The van der Waals surface area contributed by atoms with E-state index in [0.29, 0.717) is 0 Å². The molecule has 17 N–H and O–H groups in total. The van der Waals surface area contributed by atoms with Gasteiger partial charge in [0, 0.05) is 18.6 Å². The molecule has 2 saturated heterocycles. The van der Waals surface area contributed by atoms with Gasteiger partial charge in [0.05, 0.1) is 12.6 Å². The summed E-state index contributed by atoms with van der Waals surface area (Å²) in [6, 6.07) is -2.86. The molecule has 3 rings (SSSR count). The van der Waals surface area contributed by atoms with Crippen molar-refractivity contribution in [2.45, 2.75) is 98.2 Å². The summed E-state index contributed by atoms with van der Waals surface area (Å²) in [5, 5.41) is 70.9. The summed E-state index contributed by atoms with van der Waals surface area (Å²) in [4.78, 5) is 0. The van der Waals surface area contributed by atoms with Gasteiger partial charge < -0.3 is 77.6 Å². The molecule has 20 heteroatoms. The first-order valence-corrected chi connectivity index (χ1v) is 12.9. The largest absolute Gasteiger partial charge is 0.394 e. The molecular formula is C18H38N4O15S. The van der Waals surface area contributed by atoms with Crippen LogP contribution in [0, 0.1) is 0 Å². The predicted octanol–water partition coefficient (Wildman–Crippen LogP) is -7.94. The minimum Gasteiger partial charge on any atom is -0.394 e. The molecule has 0 spiro atoms. The standard InChI is InChI=1S/C18H36N4O11.H2O4S/c19-2-6-10(25)12(27)13(28)18(30-6)33-16-5(21)1-4(20)15(14(16)29)32-17-11(26)8(22)9(24)7(3-23)31-17;1-5(2,3)4/h4-18,23-29H,1-3,19-22H2;(H2,1,2,3,4)/t4?,5-,6?,7+,8?,9?,10+,11+,12?,13?,14?,15-,16?,17?,18+;/m0./s1. The molecule has 3 fully saturated rings. The van der Waals surface area contributed by atoms with Crippen LogP contribution in [0.4, 0.5) is 0 Å². The fourth-order valence-electron chi connectivity index (χ4n) is 4.40. The minimum absolute atomic E-state index is 0.0849. The van der Waals surface area contributed by atoms with Gasteiger partial charge in [0.25, 0.3) is 0 Å². The van der Waals surface area contributed by atoms with E-state index in [1.807, 2.05) is 0 Å². The van der Waals surface area contributed by atoms with E-state index in [9.17, 15) is 35.7 Å². The maximum atomic E-state index is 10.9. The highest BCUT2D eigenvalue weighted by Crippen LogP contribution is 2.31. The Morgan fingerprint density at radius 3 is 1.61 bits per heavy atom. The van der Waals surface area contributed by atoms with Crippen LogP contribution in [0.25, 0.3) is 0 Å². The van der Waals surface area contributed by atoms with Crippen molar-refractivity contribution < 1.29 is 72.2 Å². The van der Waals surface area contributed by atoms with Crippen LogP contribution in [0.5, 0.6) is 0 Å². The molecular weight excluding hydrogens is 544 g/mol. The van der Waals surface area contributed by atoms with Gasteiger partial charge in [-0.1, -0.05) is 0 Å². The molecule has 38 heavy (non-hydrogen) atoms. The third-order valence-electron chi connectivity index (χ3n) is 6.48. The number of aliphatic hydroxyl groups excluding tert-OH is 7. The third kappa shape index (κ3) is 8.15. The quantitative estimate of drug-likeness (QED) is 0.129. The second-order valence-corrected chi connectivity index (χ2v) is 10.1. The molecule has 19 nitrogen and oxygen atoms in total. The average Bonchev–Trinajstić information content (AvgIpc) is 2.83. The van der Waals surface area contributed by atoms with Crippen molar-refractivity contribution in [3.05, 3.63) is 0 Å². The molecule has 0 radical (unpaired) electrons. The first-order valence-electron chi connectivity index (χ1n) is 11.5. The number of hydrogen-bond acceptors (Lipinski definition) is 17. The van der Waals surface area contributed by atoms with Crippen LogP contribution in [-0.2, 0) is 29.3 Å². The van der Waals surface area contributed by atoms with Crippen LogP contribution in [-0.4, -0.2) is 158 Å². The Bertz CT molecular complexity index is 783. The zero-order chi connectivity index (χ0) is 29.1. The molecule has 2 heterocycles. The van der Waals surface area contributed by atoms with Crippen LogP contribution in [0.2, 0.25) is 0 Å². The van der Waals surface area contributed by atoms with Crippen molar-refractivity contribution in [1.29, 1.82) is 0 Å². The topological polar surface area (TPSA) is 357 Å². The van der Waals surface area contributed by atoms with Gasteiger partial charge >= 0.3 is 10.4 Å². The maximum Gasteiger partial charge on any atom is 0.394 e. The molecule has 0 aromatic rings. The van der Waals surface area contributed by atoms with E-state index in [2.05, 4.69) is 0 Å². The van der Waals surface area contributed by atoms with Crippen LogP contribution < -0.4 is 22.9 Å². The monoisotopic (exact) mass is 582 g/mol. The molecule has 0 bridgehead atoms. The Labute approximate surface area is 217 Å². The van der Waals surface area contributed by atoms with Crippen molar-refractivity contribution in [3.8, 4) is 0 Å². The van der Waals surface area contributed by atoms with Gasteiger partial charge in [-0.15, -0.1) is 0 Å². The van der Waals surface area contributed by atoms with E-state index in [1.165, 1.54) is 0 Å². The first-order chi connectivity index (χ1) is 17.5. The summed E-state index contributed by atoms with van der Waals surface area (Å²) in [5.74, 6) is 0. The van der Waals surface area contributed by atoms with E-state index < -0.39 is 109 Å². The fourth-order valence-corrected chi connectivity index (χ4v) is 4.40. The fraction of sp³-hybridized carbons (Fsp3) is 1.00. The smallest absolute Gasteiger partial charge is 0.394 e. The van der Waals surface area contributed by atoms with Crippen LogP contribution in [0.3, 0.4) is 0 Å². The zero-order valence-corrected chi connectivity index (χ0v) is 20.8. The first kappa shape index (κ1) is 33.5. The van der Waals surface area contributed by atoms with Crippen molar-refractivity contribution >= 4 is 10.4 Å². The number of nitrogens with two attached hydrogens (primary N) is 4. The highest BCUT2D eigenvalue weighted by molar-refractivity contribution is 7.79. The molecule has 1 saturated carbocycles. The van der Waals surface area contributed by atoms with E-state index >= 15 is 0 Å². The SMILES string of the molecule is NCC1O[C@H](OC2C(O)[C@@H](OC3O[C@H](CO)C(O)C(N)[C@H]3O)C(N)C[C@@H]2N)C(O)C(O)[C@@H]1O.O=S(=O)(O)O. The molecule has 3 aliphatic rings. The molecule has 2 aliphatic heterocycles. The molecule has 15 atom stereocenters. The summed E-state index contributed by atoms with van der Waals surface area (Å²) in [6.45, 7) is -0.763. The Hall–Kier alpha value is -0.730. The molecule has 226 valence electrons. The lowest BCUT2D eigenvalue weighted by atomic mass is 9.84. The molecule has 0 amide bonds. The van der Waals surface area contributed by atoms with Crippen LogP contribution >= 0.6 is 0 Å². The summed E-state index contributed by atoms with van der Waals surface area (Å²) in [5.41, 5.74) is 23.5. The van der Waals surface area contributed by atoms with Gasteiger partial charge in [-0.3, -0.25) is 9.11 Å². The Kier molecular flexibility index (Phi) is 12.1. The van der Waals surface area contributed by atoms with E-state index in [0.717, 1.165) is 0 Å². The van der Waals surface area contributed by atoms with Crippen molar-refractivity contribution in [3.63, 3.8) is 0 Å². The Balaban J connectivity index is 0.000000926. The lowest BCUT2D eigenvalue weighted by molar-refractivity contribution is -0.332. The van der Waals surface area contributed by atoms with Crippen LogP contribution in [0.1, 0.15) is 6.42 Å². The summed E-state index contributed by atoms with van der Waals surface area (Å²) >= 11 is 0. The predicted molar refractivity (Wildman–Crippen MR) is 122 cm³/mol. The average molecular weight is 583 g/mol. The van der Waals surface area contributed by atoms with E-state index in [4.69, 9.17) is 59.4 Å². The highest BCUT2D eigenvalue weighted by Gasteiger charge is 2.51.